The molecule has 234 valence electrons. The van der Waals surface area contributed by atoms with E-state index in [1.165, 1.54) is 0 Å². The van der Waals surface area contributed by atoms with E-state index in [1.807, 2.05) is 48.5 Å². The van der Waals surface area contributed by atoms with E-state index in [-0.39, 0.29) is 29.6 Å². The minimum absolute atomic E-state index is 0.0195. The van der Waals surface area contributed by atoms with Gasteiger partial charge in [-0.1, -0.05) is 103 Å². The molecule has 5 rings (SSSR count). The molecule has 2 aliphatic rings. The molecule has 44 heavy (non-hydrogen) atoms. The molecule has 2 fully saturated rings. The molecule has 2 saturated heterocycles. The Balaban J connectivity index is 1.45. The smallest absolute Gasteiger partial charge is 0.220 e. The lowest BCUT2D eigenvalue weighted by atomic mass is 9.75. The van der Waals surface area contributed by atoms with Crippen molar-refractivity contribution in [1.82, 2.24) is 15.5 Å². The molecule has 3 atom stereocenters. The number of nitrogens with one attached hydrogen (secondary N) is 2. The van der Waals surface area contributed by atoms with Crippen molar-refractivity contribution in [3.05, 3.63) is 106 Å². The first-order chi connectivity index (χ1) is 21.4. The summed E-state index contributed by atoms with van der Waals surface area (Å²) < 4.78 is 0. The van der Waals surface area contributed by atoms with Gasteiger partial charge in [-0.2, -0.15) is 0 Å². The number of unbranched alkanes of at least 4 members (excludes halogenated alkanes) is 1. The highest BCUT2D eigenvalue weighted by Crippen LogP contribution is 2.41. The van der Waals surface area contributed by atoms with Crippen molar-refractivity contribution < 1.29 is 9.59 Å². The van der Waals surface area contributed by atoms with Crippen molar-refractivity contribution in [2.45, 2.75) is 69.9 Å². The maximum absolute atomic E-state index is 14.2. The third-order valence-electron chi connectivity index (χ3n) is 9.66. The normalized spacial score (nSPS) is 20.0. The van der Waals surface area contributed by atoms with Gasteiger partial charge in [0.05, 0.1) is 15.6 Å². The molecule has 2 N–H and O–H groups in total. The Hall–Kier alpha value is -2.70. The highest BCUT2D eigenvalue weighted by Gasteiger charge is 2.41. The zero-order valence-corrected chi connectivity index (χ0v) is 27.3. The van der Waals surface area contributed by atoms with E-state index >= 15 is 0 Å². The quantitative estimate of drug-likeness (QED) is 0.197. The van der Waals surface area contributed by atoms with Crippen LogP contribution >= 0.6 is 23.2 Å². The Bertz CT molecular complexity index is 1370. The summed E-state index contributed by atoms with van der Waals surface area (Å²) in [6.07, 6.45) is 6.79. The summed E-state index contributed by atoms with van der Waals surface area (Å²) in [4.78, 5) is 29.8. The minimum atomic E-state index is -0.419. The van der Waals surface area contributed by atoms with Crippen molar-refractivity contribution in [3.63, 3.8) is 0 Å². The summed E-state index contributed by atoms with van der Waals surface area (Å²) in [6, 6.07) is 26.0. The average molecular weight is 635 g/mol. The molecule has 0 saturated carbocycles. The molecule has 0 aromatic heterocycles. The highest BCUT2D eigenvalue weighted by atomic mass is 35.5. The summed E-state index contributed by atoms with van der Waals surface area (Å²) in [6.45, 7) is 5.52. The molecule has 7 heteroatoms. The van der Waals surface area contributed by atoms with Crippen LogP contribution in [0.5, 0.6) is 0 Å². The number of Topliss-reactive ketones (excluding diaryl/α,β-unsaturated/α-hetero) is 1. The van der Waals surface area contributed by atoms with Gasteiger partial charge < -0.3 is 10.6 Å². The number of carbonyl (C=O) groups excluding carboxylic acids is 2. The van der Waals surface area contributed by atoms with Crippen molar-refractivity contribution in [1.29, 1.82) is 0 Å². The lowest BCUT2D eigenvalue weighted by molar-refractivity contribution is -0.124. The number of hydrogen-bond acceptors (Lipinski definition) is 4. The molecule has 2 heterocycles. The number of ketones is 1. The van der Waals surface area contributed by atoms with Crippen LogP contribution in [0.25, 0.3) is 0 Å². The third kappa shape index (κ3) is 7.92. The number of amides is 1. The lowest BCUT2D eigenvalue weighted by Gasteiger charge is -2.46. The largest absolute Gasteiger partial charge is 0.346 e. The van der Waals surface area contributed by atoms with Crippen molar-refractivity contribution in [2.75, 3.05) is 26.2 Å². The van der Waals surface area contributed by atoms with Gasteiger partial charge >= 0.3 is 0 Å². The van der Waals surface area contributed by atoms with Gasteiger partial charge in [0.25, 0.3) is 0 Å². The van der Waals surface area contributed by atoms with E-state index in [1.54, 1.807) is 0 Å². The van der Waals surface area contributed by atoms with Gasteiger partial charge in [-0.25, -0.2) is 0 Å². The minimum Gasteiger partial charge on any atom is -0.346 e. The number of halogens is 2. The van der Waals surface area contributed by atoms with Crippen LogP contribution in [0.4, 0.5) is 0 Å². The SMILES string of the molecule is CCCCC(=O)NC1(c2ccccc2)CCN(C(CC(C(=O)c2ccccc2)C2CCCNC2)c2ccc(Cl)c(Cl)c2)CC1. The fourth-order valence-corrected chi connectivity index (χ4v) is 7.44. The Labute approximate surface area is 272 Å². The maximum Gasteiger partial charge on any atom is 0.220 e. The van der Waals surface area contributed by atoms with Gasteiger partial charge in [-0.3, -0.25) is 14.5 Å². The molecule has 3 aromatic carbocycles. The molecule has 3 aromatic rings. The first-order valence-corrected chi connectivity index (χ1v) is 17.0. The van der Waals surface area contributed by atoms with E-state index in [4.69, 9.17) is 23.2 Å². The molecule has 0 aliphatic carbocycles. The second-order valence-corrected chi connectivity index (χ2v) is 13.3. The number of piperidine rings is 2. The van der Waals surface area contributed by atoms with Crippen LogP contribution in [0, 0.1) is 11.8 Å². The fourth-order valence-electron chi connectivity index (χ4n) is 7.14. The molecule has 1 amide bonds. The number of likely N-dealkylation sites (tertiary alicyclic amines) is 1. The number of benzene rings is 3. The topological polar surface area (TPSA) is 61.4 Å². The summed E-state index contributed by atoms with van der Waals surface area (Å²) in [5, 5.41) is 8.07. The standard InChI is InChI=1S/C37H45Cl2N3O2/c1-2-3-16-35(43)41-37(30-14-8-5-9-15-30)19-22-42(23-20-37)34(28-17-18-32(38)33(39)24-28)25-31(29-13-10-21-40-26-29)36(44)27-11-6-4-7-12-27/h4-9,11-12,14-15,17-18,24,29,31,34,40H,2-3,10,13,16,19-23,25-26H2,1H3,(H,41,43). The molecular weight excluding hydrogens is 589 g/mol. The Kier molecular flexibility index (Phi) is 11.5. The number of carbonyl (C=O) groups is 2. The van der Waals surface area contributed by atoms with Gasteiger partial charge in [0, 0.05) is 37.0 Å². The molecule has 5 nitrogen and oxygen atoms in total. The number of nitrogens with zero attached hydrogens (tertiary/aromatic N) is 1. The van der Waals surface area contributed by atoms with Gasteiger partial charge in [0.2, 0.25) is 5.91 Å². The molecule has 2 aliphatic heterocycles. The summed E-state index contributed by atoms with van der Waals surface area (Å²) >= 11 is 13.0. The first kappa shape index (κ1) is 32.7. The number of rotatable bonds is 12. The molecule has 0 bridgehead atoms. The van der Waals surface area contributed by atoms with Crippen LogP contribution in [0.15, 0.2) is 78.9 Å². The first-order valence-electron chi connectivity index (χ1n) is 16.3. The Morgan fingerprint density at radius 3 is 2.32 bits per heavy atom. The second kappa shape index (κ2) is 15.5. The van der Waals surface area contributed by atoms with Gasteiger partial charge in [0.1, 0.15) is 0 Å². The van der Waals surface area contributed by atoms with Crippen LogP contribution < -0.4 is 10.6 Å². The van der Waals surface area contributed by atoms with E-state index in [0.717, 1.165) is 81.4 Å². The predicted molar refractivity (Wildman–Crippen MR) is 180 cm³/mol. The van der Waals surface area contributed by atoms with Crippen LogP contribution in [-0.4, -0.2) is 42.8 Å². The van der Waals surface area contributed by atoms with Crippen molar-refractivity contribution in [2.24, 2.45) is 11.8 Å². The predicted octanol–water partition coefficient (Wildman–Crippen LogP) is 8.22. The second-order valence-electron chi connectivity index (χ2n) is 12.5. The van der Waals surface area contributed by atoms with Gasteiger partial charge in [0.15, 0.2) is 5.78 Å². The van der Waals surface area contributed by atoms with Crippen LogP contribution in [0.1, 0.15) is 85.8 Å². The molecule has 3 unspecified atom stereocenters. The average Bonchev–Trinajstić information content (AvgIpc) is 3.07. The Morgan fingerprint density at radius 2 is 1.68 bits per heavy atom. The van der Waals surface area contributed by atoms with Crippen molar-refractivity contribution >= 4 is 34.9 Å². The third-order valence-corrected chi connectivity index (χ3v) is 10.4. The zero-order chi connectivity index (χ0) is 30.9. The molecular formula is C37H45Cl2N3O2. The summed E-state index contributed by atoms with van der Waals surface area (Å²) in [5.41, 5.74) is 2.58. The maximum atomic E-state index is 14.2. The summed E-state index contributed by atoms with van der Waals surface area (Å²) in [5.74, 6) is 0.443. The van der Waals surface area contributed by atoms with E-state index < -0.39 is 5.54 Å². The summed E-state index contributed by atoms with van der Waals surface area (Å²) in [7, 11) is 0. The fraction of sp³-hybridized carbons (Fsp3) is 0.459. The van der Waals surface area contributed by atoms with Crippen LogP contribution in [0.3, 0.4) is 0 Å². The van der Waals surface area contributed by atoms with Crippen LogP contribution in [0.2, 0.25) is 10.0 Å². The number of hydrogen-bond donors (Lipinski definition) is 2. The highest BCUT2D eigenvalue weighted by molar-refractivity contribution is 6.42. The van der Waals surface area contributed by atoms with Crippen molar-refractivity contribution in [3.8, 4) is 0 Å². The van der Waals surface area contributed by atoms with E-state index in [2.05, 4.69) is 52.8 Å². The van der Waals surface area contributed by atoms with E-state index in [0.29, 0.717) is 22.9 Å². The molecule has 0 spiro atoms. The lowest BCUT2D eigenvalue weighted by Crippen LogP contribution is -2.54. The van der Waals surface area contributed by atoms with Gasteiger partial charge in [-0.05, 0) is 80.8 Å². The zero-order valence-electron chi connectivity index (χ0n) is 25.7. The van der Waals surface area contributed by atoms with Gasteiger partial charge in [-0.15, -0.1) is 0 Å². The van der Waals surface area contributed by atoms with Crippen LogP contribution in [-0.2, 0) is 10.3 Å². The monoisotopic (exact) mass is 633 g/mol. The molecule has 0 radical (unpaired) electrons. The van der Waals surface area contributed by atoms with E-state index in [9.17, 15) is 9.59 Å². The Morgan fingerprint density at radius 1 is 0.977 bits per heavy atom.